The molecule has 0 unspecified atom stereocenters. The van der Waals surface area contributed by atoms with E-state index in [1.807, 2.05) is 0 Å². The largest absolute Gasteiger partial charge is 0.501 e. The Kier molecular flexibility index (Phi) is 5.01. The predicted molar refractivity (Wildman–Crippen MR) is 105 cm³/mol. The van der Waals surface area contributed by atoms with Crippen molar-refractivity contribution in [2.24, 2.45) is 14.1 Å². The van der Waals surface area contributed by atoms with Crippen LogP contribution in [-0.4, -0.2) is 19.2 Å². The molecule has 0 atom stereocenters. The number of aromatic hydroxyl groups is 1. The van der Waals surface area contributed by atoms with E-state index in [9.17, 15) is 29.6 Å². The molecule has 0 spiro atoms. The van der Waals surface area contributed by atoms with Crippen LogP contribution in [0.4, 0.5) is 5.69 Å². The number of nitrogens with zero attached hydrogens (tertiary/aromatic N) is 3. The summed E-state index contributed by atoms with van der Waals surface area (Å²) in [5.41, 5.74) is -1.15. The third kappa shape index (κ3) is 3.38. The van der Waals surface area contributed by atoms with Gasteiger partial charge in [0, 0.05) is 19.5 Å². The second-order valence-electron chi connectivity index (χ2n) is 6.07. The average molecular weight is 397 g/mol. The van der Waals surface area contributed by atoms with Gasteiger partial charge in [-0.25, -0.2) is 9.59 Å². The zero-order valence-corrected chi connectivity index (χ0v) is 15.4. The van der Waals surface area contributed by atoms with Crippen molar-refractivity contribution in [2.45, 2.75) is 0 Å². The van der Waals surface area contributed by atoms with E-state index in [0.717, 1.165) is 4.57 Å². The molecule has 0 saturated carbocycles. The molecular formula is C19H15N3O7. The summed E-state index contributed by atoms with van der Waals surface area (Å²) >= 11 is 0. The lowest BCUT2D eigenvalue weighted by Crippen LogP contribution is -2.22. The molecule has 10 heteroatoms. The summed E-state index contributed by atoms with van der Waals surface area (Å²) in [4.78, 5) is 43.6. The maximum absolute atomic E-state index is 11.6. The monoisotopic (exact) mass is 397 g/mol. The number of hydrogen-bond acceptors (Lipinski definition) is 7. The quantitative estimate of drug-likeness (QED) is 0.381. The Labute approximate surface area is 161 Å². The molecule has 0 aliphatic rings. The van der Waals surface area contributed by atoms with Crippen LogP contribution in [0.2, 0.25) is 0 Å². The minimum atomic E-state index is -0.871. The molecule has 2 aromatic heterocycles. The van der Waals surface area contributed by atoms with Crippen LogP contribution in [0, 0.1) is 10.1 Å². The molecule has 0 fully saturated rings. The SMILES string of the molecule is Cn1c(=O)c([N+](=O)[O-])c(O)c2ccccc21.Cn1c(=O)oc(=O)c2ccccc21. The second-order valence-corrected chi connectivity index (χ2v) is 6.07. The second kappa shape index (κ2) is 7.43. The standard InChI is InChI=1S/C10H8N2O4.C9H7NO3/c1-11-7-5-3-2-4-6(7)9(13)8(10(11)14)12(15)16;1-10-7-5-3-2-4-6(7)8(11)13-9(10)12/h2-5,13H,1H3;2-5H,1H3. The number of para-hydroxylation sites is 2. The topological polar surface area (TPSA) is 138 Å². The molecule has 10 nitrogen and oxygen atoms in total. The van der Waals surface area contributed by atoms with Crippen LogP contribution in [0.15, 0.2) is 67.3 Å². The van der Waals surface area contributed by atoms with Crippen molar-refractivity contribution in [2.75, 3.05) is 0 Å². The van der Waals surface area contributed by atoms with E-state index in [2.05, 4.69) is 4.42 Å². The fraction of sp³-hybridized carbons (Fsp3) is 0.105. The molecule has 0 radical (unpaired) electrons. The first-order valence-corrected chi connectivity index (χ1v) is 8.28. The zero-order valence-electron chi connectivity index (χ0n) is 15.4. The Balaban J connectivity index is 0.000000169. The summed E-state index contributed by atoms with van der Waals surface area (Å²) in [6.45, 7) is 0. The van der Waals surface area contributed by atoms with Crippen molar-refractivity contribution in [3.05, 3.63) is 90.0 Å². The molecule has 4 aromatic rings. The van der Waals surface area contributed by atoms with Crippen molar-refractivity contribution in [1.29, 1.82) is 0 Å². The predicted octanol–water partition coefficient (Wildman–Crippen LogP) is 1.64. The molecule has 4 rings (SSSR count). The van der Waals surface area contributed by atoms with Crippen LogP contribution in [0.5, 0.6) is 5.75 Å². The summed E-state index contributed by atoms with van der Waals surface area (Å²) in [5, 5.41) is 21.1. The van der Waals surface area contributed by atoms with Crippen LogP contribution >= 0.6 is 0 Å². The van der Waals surface area contributed by atoms with E-state index in [-0.39, 0.29) is 5.39 Å². The zero-order chi connectivity index (χ0) is 21.3. The van der Waals surface area contributed by atoms with Crippen LogP contribution in [-0.2, 0) is 14.1 Å². The molecule has 0 bridgehead atoms. The first-order valence-electron chi connectivity index (χ1n) is 8.28. The molecule has 0 aliphatic carbocycles. The Morgan fingerprint density at radius 3 is 2.00 bits per heavy atom. The highest BCUT2D eigenvalue weighted by Gasteiger charge is 2.23. The van der Waals surface area contributed by atoms with Gasteiger partial charge in [0.25, 0.3) is 0 Å². The Morgan fingerprint density at radius 1 is 0.897 bits per heavy atom. The normalized spacial score (nSPS) is 10.6. The minimum absolute atomic E-state index is 0.288. The lowest BCUT2D eigenvalue weighted by Gasteiger charge is -2.06. The van der Waals surface area contributed by atoms with Gasteiger partial charge in [0.15, 0.2) is 0 Å². The third-order valence-corrected chi connectivity index (χ3v) is 4.37. The number of aryl methyl sites for hydroxylation is 2. The number of fused-ring (bicyclic) bond motifs is 2. The van der Waals surface area contributed by atoms with Gasteiger partial charge in [-0.3, -0.25) is 19.5 Å². The maximum atomic E-state index is 11.6. The van der Waals surface area contributed by atoms with Gasteiger partial charge in [-0.1, -0.05) is 24.3 Å². The van der Waals surface area contributed by atoms with Gasteiger partial charge in [-0.2, -0.15) is 0 Å². The fourth-order valence-corrected chi connectivity index (χ4v) is 2.87. The van der Waals surface area contributed by atoms with Gasteiger partial charge in [0.2, 0.25) is 5.75 Å². The lowest BCUT2D eigenvalue weighted by molar-refractivity contribution is -0.387. The molecular weight excluding hydrogens is 382 g/mol. The highest BCUT2D eigenvalue weighted by Crippen LogP contribution is 2.30. The number of rotatable bonds is 1. The summed E-state index contributed by atoms with van der Waals surface area (Å²) in [5.74, 6) is -1.22. The number of benzene rings is 2. The van der Waals surface area contributed by atoms with Crippen molar-refractivity contribution in [3.63, 3.8) is 0 Å². The first kappa shape index (κ1) is 19.5. The van der Waals surface area contributed by atoms with E-state index in [4.69, 9.17) is 0 Å². The molecule has 148 valence electrons. The summed E-state index contributed by atoms with van der Waals surface area (Å²) in [7, 11) is 2.99. The molecule has 1 N–H and O–H groups in total. The number of pyridine rings is 1. The van der Waals surface area contributed by atoms with Crippen molar-refractivity contribution < 1.29 is 14.4 Å². The fourth-order valence-electron chi connectivity index (χ4n) is 2.87. The van der Waals surface area contributed by atoms with Gasteiger partial charge in [0.05, 0.1) is 21.3 Å². The molecule has 2 heterocycles. The van der Waals surface area contributed by atoms with E-state index in [0.29, 0.717) is 16.4 Å². The van der Waals surface area contributed by atoms with Gasteiger partial charge in [-0.15, -0.1) is 0 Å². The Morgan fingerprint density at radius 2 is 1.41 bits per heavy atom. The van der Waals surface area contributed by atoms with E-state index in [1.54, 1.807) is 49.5 Å². The van der Waals surface area contributed by atoms with Crippen LogP contribution in [0.25, 0.3) is 21.8 Å². The first-order chi connectivity index (χ1) is 13.7. The molecule has 0 amide bonds. The van der Waals surface area contributed by atoms with E-state index >= 15 is 0 Å². The highest BCUT2D eigenvalue weighted by atomic mass is 16.6. The number of nitro groups is 1. The molecule has 2 aromatic carbocycles. The lowest BCUT2D eigenvalue weighted by atomic mass is 10.2. The van der Waals surface area contributed by atoms with Crippen molar-refractivity contribution in [3.8, 4) is 5.75 Å². The van der Waals surface area contributed by atoms with E-state index < -0.39 is 33.3 Å². The van der Waals surface area contributed by atoms with E-state index in [1.165, 1.54) is 17.7 Å². The Bertz CT molecular complexity index is 1430. The van der Waals surface area contributed by atoms with Crippen LogP contribution < -0.4 is 16.9 Å². The smallest absolute Gasteiger partial charge is 0.422 e. The molecule has 0 aliphatic heterocycles. The minimum Gasteiger partial charge on any atom is -0.501 e. The number of hydrogen-bond donors (Lipinski definition) is 1. The maximum Gasteiger partial charge on any atom is 0.422 e. The number of aromatic nitrogens is 2. The van der Waals surface area contributed by atoms with Gasteiger partial charge in [-0.05, 0) is 24.3 Å². The van der Waals surface area contributed by atoms with Crippen LogP contribution in [0.1, 0.15) is 0 Å². The highest BCUT2D eigenvalue weighted by molar-refractivity contribution is 5.88. The summed E-state index contributed by atoms with van der Waals surface area (Å²) in [6.07, 6.45) is 0. The van der Waals surface area contributed by atoms with Crippen molar-refractivity contribution >= 4 is 27.5 Å². The Hall–Kier alpha value is -4.21. The third-order valence-electron chi connectivity index (χ3n) is 4.37. The average Bonchev–Trinajstić information content (AvgIpc) is 2.71. The molecule has 0 saturated heterocycles. The van der Waals surface area contributed by atoms with Gasteiger partial charge >= 0.3 is 22.6 Å². The summed E-state index contributed by atoms with van der Waals surface area (Å²) in [6, 6.07) is 13.3. The van der Waals surface area contributed by atoms with Crippen molar-refractivity contribution in [1.82, 2.24) is 9.13 Å². The van der Waals surface area contributed by atoms with Crippen LogP contribution in [0.3, 0.4) is 0 Å². The van der Waals surface area contributed by atoms with Gasteiger partial charge in [0.1, 0.15) is 0 Å². The molecule has 29 heavy (non-hydrogen) atoms. The van der Waals surface area contributed by atoms with Gasteiger partial charge < -0.3 is 14.1 Å². The summed E-state index contributed by atoms with van der Waals surface area (Å²) < 4.78 is 6.92.